The zero-order valence-corrected chi connectivity index (χ0v) is 25.2. The molecule has 4 nitrogen and oxygen atoms in total. The van der Waals surface area contributed by atoms with E-state index in [-0.39, 0.29) is 11.9 Å². The summed E-state index contributed by atoms with van der Waals surface area (Å²) in [7, 11) is 0. The molecule has 0 amide bonds. The van der Waals surface area contributed by atoms with Gasteiger partial charge < -0.3 is 9.47 Å². The third-order valence-electron chi connectivity index (χ3n) is 7.80. The summed E-state index contributed by atoms with van der Waals surface area (Å²) < 4.78 is 12.1. The number of carbonyl (C=O) groups is 2. The van der Waals surface area contributed by atoms with Crippen LogP contribution in [0.1, 0.15) is 129 Å². The molecule has 3 aromatic carbocycles. The predicted octanol–water partition coefficient (Wildman–Crippen LogP) is 10.6. The molecule has 4 heteroatoms. The summed E-state index contributed by atoms with van der Waals surface area (Å²) in [5.74, 6) is 0.725. The second-order valence-electron chi connectivity index (χ2n) is 11.1. The Morgan fingerprint density at radius 3 is 1.43 bits per heavy atom. The fourth-order valence-electron chi connectivity index (χ4n) is 5.37. The summed E-state index contributed by atoms with van der Waals surface area (Å²) in [6.45, 7) is 6.55. The van der Waals surface area contributed by atoms with Crippen LogP contribution in [0.4, 0.5) is 0 Å². The number of ether oxygens (including phenoxy) is 2. The summed E-state index contributed by atoms with van der Waals surface area (Å²) in [5.41, 5.74) is 1.15. The van der Waals surface area contributed by atoms with E-state index in [1.165, 1.54) is 51.4 Å². The van der Waals surface area contributed by atoms with Crippen molar-refractivity contribution in [3.63, 3.8) is 0 Å². The van der Waals surface area contributed by atoms with Gasteiger partial charge in [0.05, 0.1) is 0 Å². The lowest BCUT2D eigenvalue weighted by molar-refractivity contribution is -0.135. The lowest BCUT2D eigenvalue weighted by Crippen LogP contribution is -2.11. The highest BCUT2D eigenvalue weighted by Gasteiger charge is 2.20. The van der Waals surface area contributed by atoms with E-state index in [0.717, 1.165) is 72.1 Å². The second kappa shape index (κ2) is 17.7. The van der Waals surface area contributed by atoms with Crippen molar-refractivity contribution in [3.05, 3.63) is 48.0 Å². The third-order valence-corrected chi connectivity index (χ3v) is 7.80. The molecule has 3 aromatic rings. The van der Waals surface area contributed by atoms with Gasteiger partial charge in [-0.15, -0.1) is 0 Å². The number of aryl methyl sites for hydroxylation is 1. The molecule has 40 heavy (non-hydrogen) atoms. The number of unbranched alkanes of at least 4 members (excludes halogenated alkanes) is 12. The number of carbonyl (C=O) groups excluding carboxylic acids is 2. The van der Waals surface area contributed by atoms with Crippen molar-refractivity contribution in [2.45, 2.75) is 130 Å². The van der Waals surface area contributed by atoms with Crippen LogP contribution >= 0.6 is 0 Å². The van der Waals surface area contributed by atoms with Gasteiger partial charge in [0, 0.05) is 34.4 Å². The minimum atomic E-state index is -0.205. The highest BCUT2D eigenvalue weighted by atomic mass is 16.5. The second-order valence-corrected chi connectivity index (χ2v) is 11.1. The first kappa shape index (κ1) is 31.6. The maximum Gasteiger partial charge on any atom is 0.311 e. The third kappa shape index (κ3) is 9.64. The average molecular weight is 547 g/mol. The van der Waals surface area contributed by atoms with Crippen LogP contribution in [-0.4, -0.2) is 11.9 Å². The molecule has 0 saturated carbocycles. The van der Waals surface area contributed by atoms with Gasteiger partial charge in [-0.1, -0.05) is 134 Å². The summed E-state index contributed by atoms with van der Waals surface area (Å²) >= 11 is 0. The maximum atomic E-state index is 13.0. The minimum absolute atomic E-state index is 0.203. The standard InChI is InChI=1S/C36H50O4/c1-4-7-9-11-13-15-17-23-33(37)39-35-29-21-19-20-22-30(29)36(32-27-28(6-3)25-26-31(32)35)40-34(38)24-18-16-14-12-10-8-5-2/h19-22,25-27H,4-18,23-24H2,1-3H3. The van der Waals surface area contributed by atoms with Crippen molar-refractivity contribution in [1.82, 2.24) is 0 Å². The van der Waals surface area contributed by atoms with Gasteiger partial charge in [-0.05, 0) is 30.9 Å². The Labute approximate surface area is 241 Å². The van der Waals surface area contributed by atoms with Crippen LogP contribution in [-0.2, 0) is 16.0 Å². The summed E-state index contributed by atoms with van der Waals surface area (Å²) in [6.07, 6.45) is 17.9. The SMILES string of the molecule is CCCCCCCCCC(=O)Oc1c2ccccc2c(OC(=O)CCCCCCCCC)c2cc(CC)ccc12. The molecule has 0 spiro atoms. The normalized spacial score (nSPS) is 11.3. The first-order valence-electron chi connectivity index (χ1n) is 16.0. The Morgan fingerprint density at radius 2 is 0.950 bits per heavy atom. The van der Waals surface area contributed by atoms with E-state index in [4.69, 9.17) is 9.47 Å². The van der Waals surface area contributed by atoms with Crippen molar-refractivity contribution in [1.29, 1.82) is 0 Å². The van der Waals surface area contributed by atoms with Gasteiger partial charge in [-0.2, -0.15) is 0 Å². The molecule has 0 aliphatic heterocycles. The van der Waals surface area contributed by atoms with E-state index in [1.54, 1.807) is 0 Å². The Morgan fingerprint density at radius 1 is 0.525 bits per heavy atom. The number of rotatable bonds is 19. The van der Waals surface area contributed by atoms with Gasteiger partial charge >= 0.3 is 11.9 Å². The van der Waals surface area contributed by atoms with Gasteiger partial charge in [0.25, 0.3) is 0 Å². The largest absolute Gasteiger partial charge is 0.425 e. The Balaban J connectivity index is 1.77. The van der Waals surface area contributed by atoms with Crippen molar-refractivity contribution in [2.75, 3.05) is 0 Å². The Kier molecular flexibility index (Phi) is 14.0. The molecule has 218 valence electrons. The minimum Gasteiger partial charge on any atom is -0.425 e. The number of hydrogen-bond donors (Lipinski definition) is 0. The summed E-state index contributed by atoms with van der Waals surface area (Å²) in [6, 6.07) is 13.9. The van der Waals surface area contributed by atoms with Gasteiger partial charge in [0.15, 0.2) is 0 Å². The van der Waals surface area contributed by atoms with E-state index in [0.29, 0.717) is 24.3 Å². The monoisotopic (exact) mass is 546 g/mol. The van der Waals surface area contributed by atoms with Crippen LogP contribution in [0.3, 0.4) is 0 Å². The Bertz CT molecular complexity index is 1210. The lowest BCUT2D eigenvalue weighted by atomic mass is 9.98. The van der Waals surface area contributed by atoms with Gasteiger partial charge in [0.1, 0.15) is 11.5 Å². The molecule has 0 heterocycles. The molecule has 0 aliphatic rings. The van der Waals surface area contributed by atoms with Crippen LogP contribution in [0.2, 0.25) is 0 Å². The molecule has 0 radical (unpaired) electrons. The van der Waals surface area contributed by atoms with E-state index in [2.05, 4.69) is 32.9 Å². The molecule has 0 aromatic heterocycles. The number of benzene rings is 3. The molecule has 0 fully saturated rings. The predicted molar refractivity (Wildman–Crippen MR) is 167 cm³/mol. The maximum absolute atomic E-state index is 13.0. The van der Waals surface area contributed by atoms with E-state index in [1.807, 2.05) is 30.3 Å². The van der Waals surface area contributed by atoms with Crippen molar-refractivity contribution < 1.29 is 19.1 Å². The van der Waals surface area contributed by atoms with Crippen LogP contribution in [0.25, 0.3) is 21.5 Å². The number of esters is 2. The fraction of sp³-hybridized carbons (Fsp3) is 0.556. The van der Waals surface area contributed by atoms with E-state index >= 15 is 0 Å². The topological polar surface area (TPSA) is 52.6 Å². The zero-order chi connectivity index (χ0) is 28.6. The van der Waals surface area contributed by atoms with Crippen molar-refractivity contribution >= 4 is 33.5 Å². The van der Waals surface area contributed by atoms with Crippen LogP contribution in [0, 0.1) is 0 Å². The number of fused-ring (bicyclic) bond motifs is 2. The quantitative estimate of drug-likeness (QED) is 0.0649. The van der Waals surface area contributed by atoms with Crippen LogP contribution in [0.15, 0.2) is 42.5 Å². The molecular weight excluding hydrogens is 496 g/mol. The van der Waals surface area contributed by atoms with Crippen LogP contribution in [0.5, 0.6) is 11.5 Å². The summed E-state index contributed by atoms with van der Waals surface area (Å²) in [4.78, 5) is 25.9. The fourth-order valence-corrected chi connectivity index (χ4v) is 5.37. The highest BCUT2D eigenvalue weighted by Crippen LogP contribution is 2.43. The first-order chi connectivity index (χ1) is 19.6. The van der Waals surface area contributed by atoms with Crippen molar-refractivity contribution in [2.24, 2.45) is 0 Å². The summed E-state index contributed by atoms with van der Waals surface area (Å²) in [5, 5.41) is 3.23. The zero-order valence-electron chi connectivity index (χ0n) is 25.2. The smallest absolute Gasteiger partial charge is 0.311 e. The molecule has 0 saturated heterocycles. The molecule has 0 bridgehead atoms. The van der Waals surface area contributed by atoms with Gasteiger partial charge in [0.2, 0.25) is 0 Å². The molecule has 0 unspecified atom stereocenters. The van der Waals surface area contributed by atoms with E-state index in [9.17, 15) is 9.59 Å². The van der Waals surface area contributed by atoms with Crippen LogP contribution < -0.4 is 9.47 Å². The molecule has 3 rings (SSSR count). The van der Waals surface area contributed by atoms with Gasteiger partial charge in [-0.3, -0.25) is 9.59 Å². The van der Waals surface area contributed by atoms with Gasteiger partial charge in [-0.25, -0.2) is 0 Å². The molecule has 0 N–H and O–H groups in total. The molecule has 0 atom stereocenters. The lowest BCUT2D eigenvalue weighted by Gasteiger charge is -2.17. The average Bonchev–Trinajstić information content (AvgIpc) is 2.97. The van der Waals surface area contributed by atoms with Crippen molar-refractivity contribution in [3.8, 4) is 11.5 Å². The molecule has 0 aliphatic carbocycles. The first-order valence-corrected chi connectivity index (χ1v) is 16.0. The highest BCUT2D eigenvalue weighted by molar-refractivity contribution is 6.12. The number of hydrogen-bond acceptors (Lipinski definition) is 4. The Hall–Kier alpha value is -2.88. The van der Waals surface area contributed by atoms with E-state index < -0.39 is 0 Å². The molecular formula is C36H50O4.